The largest absolute Gasteiger partial charge is 0.493 e. The molecule has 6 aromatic rings. The van der Waals surface area contributed by atoms with Crippen LogP contribution in [0.4, 0.5) is 0 Å². The number of carbonyl (C=O) groups excluding carboxylic acids is 6. The first-order chi connectivity index (χ1) is 51.8. The van der Waals surface area contributed by atoms with Gasteiger partial charge < -0.3 is 82.5 Å². The Kier molecular flexibility index (Phi) is 32.5. The third-order valence-corrected chi connectivity index (χ3v) is 20.3. The van der Waals surface area contributed by atoms with Gasteiger partial charge in [-0.05, 0) is 215 Å². The van der Waals surface area contributed by atoms with Crippen LogP contribution in [0.2, 0.25) is 0 Å². The van der Waals surface area contributed by atoms with Gasteiger partial charge in [0, 0.05) is 43.6 Å². The number of piperidine rings is 2. The molecule has 8 rings (SSSR count). The van der Waals surface area contributed by atoms with Crippen molar-refractivity contribution >= 4 is 35.3 Å². The van der Waals surface area contributed by atoms with Crippen LogP contribution in [0.1, 0.15) is 183 Å². The van der Waals surface area contributed by atoms with Gasteiger partial charge in [-0.15, -0.1) is 0 Å². The lowest BCUT2D eigenvalue weighted by molar-refractivity contribution is -0.162. The molecule has 0 bridgehead atoms. The van der Waals surface area contributed by atoms with Crippen molar-refractivity contribution in [3.8, 4) is 46.0 Å². The van der Waals surface area contributed by atoms with E-state index in [2.05, 4.69) is 0 Å². The normalized spacial score (nSPS) is 15.8. The van der Waals surface area contributed by atoms with E-state index in [9.17, 15) is 49.2 Å². The molecule has 107 heavy (non-hydrogen) atoms. The molecule has 580 valence electrons. The van der Waals surface area contributed by atoms with E-state index < -0.39 is 48.1 Å². The number of benzene rings is 6. The number of carbonyl (C=O) groups is 6. The Morgan fingerprint density at radius 1 is 0.458 bits per heavy atom. The molecule has 2 saturated heterocycles. The number of aliphatic hydroxyl groups is 4. The second-order valence-electron chi connectivity index (χ2n) is 27.7. The quantitative estimate of drug-likeness (QED) is 0.0259. The minimum Gasteiger partial charge on any atom is -0.493 e. The van der Waals surface area contributed by atoms with Crippen molar-refractivity contribution in [3.63, 3.8) is 0 Å². The van der Waals surface area contributed by atoms with Gasteiger partial charge in [-0.25, -0.2) is 9.59 Å². The molecule has 0 aliphatic carbocycles. The van der Waals surface area contributed by atoms with Crippen molar-refractivity contribution < 1.29 is 96.6 Å². The molecular formula is C84H109N3O20. The van der Waals surface area contributed by atoms with Crippen LogP contribution in [0.25, 0.3) is 0 Å². The number of Topliss-reactive ketones (excluding diaryl/α,β-unsaturated/α-hetero) is 2. The first-order valence-electron chi connectivity index (χ1n) is 37.2. The lowest BCUT2D eigenvalue weighted by atomic mass is 9.90. The van der Waals surface area contributed by atoms with E-state index in [1.807, 2.05) is 75.3 Å². The van der Waals surface area contributed by atoms with E-state index >= 15 is 0 Å². The molecule has 2 heterocycles. The van der Waals surface area contributed by atoms with Crippen LogP contribution in [0.5, 0.6) is 46.0 Å². The van der Waals surface area contributed by atoms with Crippen molar-refractivity contribution in [3.05, 3.63) is 165 Å². The van der Waals surface area contributed by atoms with Crippen LogP contribution >= 0.6 is 0 Å². The highest BCUT2D eigenvalue weighted by atomic mass is 16.6. The molecule has 2 amide bonds. The van der Waals surface area contributed by atoms with Gasteiger partial charge in [0.25, 0.3) is 0 Å². The SMILES string of the molecule is CCC(C(=O)N1CCCCC1C(=O)OC(CCc1ccc(CO)c(CO)c1)c1cccc(OCC(=O)CCC(CCC(=O)COc2cccc(C(CCc3ccc(OC)c(OC)c3)OC(=O)C3CCCCN3C(=O)C(CC)c3cc(CO)c(OC)c(OC)c3)c2)CN(C)C)c1)c1cc(CO)c(OC)c(OC)c1. The number of ether oxygens (including phenoxy) is 10. The third-order valence-electron chi connectivity index (χ3n) is 20.3. The molecule has 2 fully saturated rings. The average molecular weight is 1480 g/mol. The van der Waals surface area contributed by atoms with Gasteiger partial charge in [0.2, 0.25) is 11.8 Å². The van der Waals surface area contributed by atoms with Crippen LogP contribution in [0.15, 0.2) is 109 Å². The molecule has 7 atom stereocenters. The highest BCUT2D eigenvalue weighted by Crippen LogP contribution is 2.41. The zero-order valence-corrected chi connectivity index (χ0v) is 63.8. The summed E-state index contributed by atoms with van der Waals surface area (Å²) in [6, 6.07) is 30.5. The monoisotopic (exact) mass is 1480 g/mol. The first kappa shape index (κ1) is 83.4. The molecule has 0 saturated carbocycles. The second kappa shape index (κ2) is 41.7. The van der Waals surface area contributed by atoms with Gasteiger partial charge in [-0.2, -0.15) is 0 Å². The lowest BCUT2D eigenvalue weighted by Gasteiger charge is -2.37. The fourth-order valence-electron chi connectivity index (χ4n) is 14.6. The van der Waals surface area contributed by atoms with Crippen molar-refractivity contribution in [1.82, 2.24) is 14.7 Å². The van der Waals surface area contributed by atoms with Crippen LogP contribution in [-0.2, 0) is 77.5 Å². The van der Waals surface area contributed by atoms with E-state index in [1.165, 1.54) is 28.4 Å². The van der Waals surface area contributed by atoms with E-state index in [0.29, 0.717) is 200 Å². The molecular weight excluding hydrogens is 1370 g/mol. The number of nitrogens with zero attached hydrogens (tertiary/aromatic N) is 3. The predicted octanol–water partition coefficient (Wildman–Crippen LogP) is 11.6. The Balaban J connectivity index is 0.906. The summed E-state index contributed by atoms with van der Waals surface area (Å²) in [4.78, 5) is 91.5. The summed E-state index contributed by atoms with van der Waals surface area (Å²) in [5.74, 6) is 0.146. The van der Waals surface area contributed by atoms with E-state index in [1.54, 1.807) is 90.7 Å². The molecule has 0 aromatic heterocycles. The highest BCUT2D eigenvalue weighted by Gasteiger charge is 2.40. The molecule has 2 aliphatic rings. The average Bonchev–Trinajstić information content (AvgIpc) is 0.795. The fraction of sp³-hybridized carbons (Fsp3) is 0.500. The number of hydrogen-bond donors (Lipinski definition) is 4. The Labute approximate surface area is 629 Å². The van der Waals surface area contributed by atoms with Crippen LogP contribution in [0, 0.1) is 5.92 Å². The molecule has 0 radical (unpaired) electrons. The van der Waals surface area contributed by atoms with Crippen LogP contribution in [-0.4, -0.2) is 172 Å². The second-order valence-corrected chi connectivity index (χ2v) is 27.7. The summed E-state index contributed by atoms with van der Waals surface area (Å²) >= 11 is 0. The summed E-state index contributed by atoms with van der Waals surface area (Å²) in [5.41, 5.74) is 6.35. The number of esters is 2. The maximum absolute atomic E-state index is 14.7. The molecule has 7 unspecified atom stereocenters. The smallest absolute Gasteiger partial charge is 0.329 e. The van der Waals surface area contributed by atoms with Gasteiger partial charge >= 0.3 is 11.9 Å². The standard InChI is InChI=1S/C84H109N3O20/c1-11-69(60-41-63(50-90)79(102-9)77(45-60)100-7)81(94)86-37-15-13-23-71(86)83(96)106-73(34-28-54-25-31-59(48-88)62(39-54)49-89)57-19-17-21-67(43-57)104-52-65(92)32-26-56(47-85(3)4)27-33-66(93)53-105-68-22-18-20-58(44-68)74(35-29-55-30-36-75(98-5)76(40-55)99-6)107-84(97)72-24-14-16-38-87(72)82(95)70(12-2)61-42-64(51-91)80(103-10)78(46-61)101-8/h17-22,25,30-31,36,39-46,56,69-74,88-91H,11-16,23-24,26-29,32-35,37-38,47-53H2,1-10H3. The van der Waals surface area contributed by atoms with Crippen molar-refractivity contribution in [1.29, 1.82) is 0 Å². The number of ketones is 2. The number of likely N-dealkylation sites (tertiary alicyclic amines) is 2. The first-order valence-corrected chi connectivity index (χ1v) is 37.2. The number of amides is 2. The minimum absolute atomic E-state index is 0.0314. The molecule has 23 heteroatoms. The topological polar surface area (TPSA) is 285 Å². The summed E-state index contributed by atoms with van der Waals surface area (Å²) < 4.78 is 58.7. The van der Waals surface area contributed by atoms with Gasteiger partial charge in [-0.3, -0.25) is 19.2 Å². The zero-order valence-electron chi connectivity index (χ0n) is 63.8. The molecule has 6 aromatic carbocycles. The fourth-order valence-corrected chi connectivity index (χ4v) is 14.6. The summed E-state index contributed by atoms with van der Waals surface area (Å²) in [5, 5.41) is 40.6. The van der Waals surface area contributed by atoms with E-state index in [-0.39, 0.29) is 81.8 Å². The van der Waals surface area contributed by atoms with Gasteiger partial charge in [0.15, 0.2) is 46.1 Å². The summed E-state index contributed by atoms with van der Waals surface area (Å²) in [6.07, 6.45) is 5.64. The Morgan fingerprint density at radius 2 is 0.897 bits per heavy atom. The maximum atomic E-state index is 14.7. The number of aryl methyl sites for hydroxylation is 2. The van der Waals surface area contributed by atoms with E-state index in [0.717, 1.165) is 11.1 Å². The van der Waals surface area contributed by atoms with Gasteiger partial charge in [0.05, 0.1) is 80.9 Å². The molecule has 2 aliphatic heterocycles. The maximum Gasteiger partial charge on any atom is 0.329 e. The van der Waals surface area contributed by atoms with Gasteiger partial charge in [-0.1, -0.05) is 62.4 Å². The summed E-state index contributed by atoms with van der Waals surface area (Å²) in [7, 11) is 13.0. The van der Waals surface area contributed by atoms with E-state index in [4.69, 9.17) is 47.4 Å². The third kappa shape index (κ3) is 22.4. The number of methoxy groups -OCH3 is 6. The molecule has 23 nitrogen and oxygen atoms in total. The molecule has 4 N–H and O–H groups in total. The number of rotatable bonds is 42. The number of aliphatic hydroxyl groups excluding tert-OH is 4. The Bertz CT molecular complexity index is 3640. The lowest BCUT2D eigenvalue weighted by Crippen LogP contribution is -2.50. The van der Waals surface area contributed by atoms with Crippen molar-refractivity contribution in [2.45, 2.75) is 179 Å². The molecule has 0 spiro atoms. The van der Waals surface area contributed by atoms with Crippen LogP contribution in [0.3, 0.4) is 0 Å². The Hall–Kier alpha value is -9.26. The highest BCUT2D eigenvalue weighted by molar-refractivity contribution is 5.90. The number of hydrogen-bond acceptors (Lipinski definition) is 21. The van der Waals surface area contributed by atoms with Crippen LogP contribution < -0.4 is 37.9 Å². The van der Waals surface area contributed by atoms with Gasteiger partial charge in [0.1, 0.15) is 49.0 Å². The summed E-state index contributed by atoms with van der Waals surface area (Å²) in [6.45, 7) is 3.45. The zero-order chi connectivity index (χ0) is 77.1. The van der Waals surface area contributed by atoms with Crippen molar-refractivity contribution in [2.75, 3.05) is 89.6 Å². The Morgan fingerprint density at radius 3 is 1.31 bits per heavy atom. The minimum atomic E-state index is -0.891. The van der Waals surface area contributed by atoms with Crippen molar-refractivity contribution in [2.24, 2.45) is 5.92 Å². The predicted molar refractivity (Wildman–Crippen MR) is 402 cm³/mol.